The minimum atomic E-state index is -0.472. The highest BCUT2D eigenvalue weighted by Crippen LogP contribution is 2.40. The molecule has 2 aliphatic heterocycles. The summed E-state index contributed by atoms with van der Waals surface area (Å²) < 4.78 is 0. The molecule has 1 amide bonds. The van der Waals surface area contributed by atoms with E-state index in [2.05, 4.69) is 11.2 Å². The van der Waals surface area contributed by atoms with Gasteiger partial charge in [-0.2, -0.15) is 5.26 Å². The molecule has 2 saturated heterocycles. The second kappa shape index (κ2) is 6.01. The Morgan fingerprint density at radius 3 is 2.62 bits per heavy atom. The van der Waals surface area contributed by atoms with Gasteiger partial charge >= 0.3 is 0 Å². The van der Waals surface area contributed by atoms with Gasteiger partial charge in [-0.3, -0.25) is 14.5 Å². The summed E-state index contributed by atoms with van der Waals surface area (Å²) in [5, 5.41) is 9.93. The summed E-state index contributed by atoms with van der Waals surface area (Å²) >= 11 is 7.60. The number of hydrogen-bond donors (Lipinski definition) is 0. The third kappa shape index (κ3) is 2.89. The molecule has 3 heterocycles. The highest BCUT2D eigenvalue weighted by Gasteiger charge is 2.46. The van der Waals surface area contributed by atoms with Crippen LogP contribution in [0.1, 0.15) is 32.1 Å². The molecule has 3 rings (SSSR count). The molecule has 0 radical (unpaired) electrons. The van der Waals surface area contributed by atoms with E-state index in [-0.39, 0.29) is 29.6 Å². The van der Waals surface area contributed by atoms with E-state index in [9.17, 15) is 9.59 Å². The zero-order valence-corrected chi connectivity index (χ0v) is 15.4. The Balaban J connectivity index is 1.91. The number of piperidine rings is 2. The van der Waals surface area contributed by atoms with E-state index < -0.39 is 5.92 Å². The smallest absolute Gasteiger partial charge is 0.234 e. The maximum atomic E-state index is 12.9. The number of carbonyl (C=O) groups excluding carboxylic acids is 2. The first-order chi connectivity index (χ1) is 11.2. The van der Waals surface area contributed by atoms with E-state index in [1.807, 2.05) is 20.8 Å². The monoisotopic (exact) mass is 366 g/mol. The molecule has 0 spiro atoms. The molecule has 2 aliphatic rings. The van der Waals surface area contributed by atoms with Gasteiger partial charge in [0.1, 0.15) is 5.15 Å². The van der Waals surface area contributed by atoms with E-state index in [1.165, 1.54) is 16.2 Å². The first-order valence-corrected chi connectivity index (χ1v) is 9.07. The lowest BCUT2D eigenvalue weighted by Crippen LogP contribution is -2.56. The summed E-state index contributed by atoms with van der Waals surface area (Å²) in [6.07, 6.45) is 2.64. The van der Waals surface area contributed by atoms with Crippen LogP contribution in [0.25, 0.3) is 0 Å². The molecule has 0 saturated carbocycles. The van der Waals surface area contributed by atoms with Gasteiger partial charge < -0.3 is 4.90 Å². The summed E-state index contributed by atoms with van der Waals surface area (Å²) in [4.78, 5) is 33.6. The number of amides is 1. The largest absolute Gasteiger partial charge is 0.310 e. The van der Waals surface area contributed by atoms with Crippen molar-refractivity contribution in [2.24, 2.45) is 11.8 Å². The maximum Gasteiger partial charge on any atom is 0.234 e. The van der Waals surface area contributed by atoms with E-state index in [0.717, 1.165) is 4.88 Å². The molecular weight excluding hydrogens is 348 g/mol. The SMILES string of the molecule is CC(C)(C)c1sc(N2CC(=O)C3CCN(C#N)C[C@H]3C2=O)nc1Cl. The van der Waals surface area contributed by atoms with Gasteiger partial charge in [-0.25, -0.2) is 4.98 Å². The predicted octanol–water partition coefficient (Wildman–Crippen LogP) is 2.43. The molecule has 0 aliphatic carbocycles. The number of likely N-dealkylation sites (tertiary alicyclic amines) is 1. The Kier molecular flexibility index (Phi) is 4.30. The fourth-order valence-corrected chi connectivity index (χ4v) is 4.81. The van der Waals surface area contributed by atoms with Crippen molar-refractivity contribution < 1.29 is 9.59 Å². The third-order valence-corrected chi connectivity index (χ3v) is 6.44. The van der Waals surface area contributed by atoms with Crippen molar-refractivity contribution in [3.8, 4) is 6.19 Å². The summed E-state index contributed by atoms with van der Waals surface area (Å²) in [5.41, 5.74) is -0.180. The van der Waals surface area contributed by atoms with Crippen LogP contribution >= 0.6 is 22.9 Å². The lowest BCUT2D eigenvalue weighted by Gasteiger charge is -2.40. The van der Waals surface area contributed by atoms with Crippen molar-refractivity contribution in [2.45, 2.75) is 32.6 Å². The molecule has 1 unspecified atom stereocenters. The van der Waals surface area contributed by atoms with Crippen LogP contribution < -0.4 is 4.90 Å². The van der Waals surface area contributed by atoms with Crippen LogP contribution in [0.3, 0.4) is 0 Å². The number of anilines is 1. The van der Waals surface area contributed by atoms with E-state index in [0.29, 0.717) is 29.8 Å². The van der Waals surface area contributed by atoms with E-state index >= 15 is 0 Å². The third-order valence-electron chi connectivity index (χ3n) is 4.55. The van der Waals surface area contributed by atoms with Crippen molar-refractivity contribution in [1.82, 2.24) is 9.88 Å². The van der Waals surface area contributed by atoms with Crippen LogP contribution in [0.2, 0.25) is 5.15 Å². The van der Waals surface area contributed by atoms with Crippen LogP contribution in [0, 0.1) is 23.3 Å². The summed E-state index contributed by atoms with van der Waals surface area (Å²) in [7, 11) is 0. The quantitative estimate of drug-likeness (QED) is 0.713. The van der Waals surface area contributed by atoms with Crippen molar-refractivity contribution in [1.29, 1.82) is 5.26 Å². The minimum Gasteiger partial charge on any atom is -0.310 e. The number of ketones is 1. The number of nitrogens with zero attached hydrogens (tertiary/aromatic N) is 4. The molecule has 6 nitrogen and oxygen atoms in total. The molecule has 0 bridgehead atoms. The Labute approximate surface area is 150 Å². The molecule has 8 heteroatoms. The number of halogens is 1. The lowest BCUT2D eigenvalue weighted by molar-refractivity contribution is -0.138. The zero-order chi connectivity index (χ0) is 17.6. The van der Waals surface area contributed by atoms with Gasteiger partial charge in [-0.05, 0) is 11.8 Å². The second-order valence-electron chi connectivity index (χ2n) is 7.30. The van der Waals surface area contributed by atoms with Gasteiger partial charge in [0.05, 0.1) is 17.3 Å². The highest BCUT2D eigenvalue weighted by molar-refractivity contribution is 7.16. The predicted molar refractivity (Wildman–Crippen MR) is 92.0 cm³/mol. The normalized spacial score (nSPS) is 24.8. The fourth-order valence-electron chi connectivity index (χ4n) is 3.26. The van der Waals surface area contributed by atoms with E-state index in [4.69, 9.17) is 16.9 Å². The van der Waals surface area contributed by atoms with Crippen LogP contribution in [-0.2, 0) is 15.0 Å². The number of hydrogen-bond acceptors (Lipinski definition) is 6. The summed E-state index contributed by atoms with van der Waals surface area (Å²) in [5.74, 6) is -0.845. The number of nitriles is 1. The average molecular weight is 367 g/mol. The highest BCUT2D eigenvalue weighted by atomic mass is 35.5. The first kappa shape index (κ1) is 17.2. The van der Waals surface area contributed by atoms with Gasteiger partial charge in [-0.15, -0.1) is 0 Å². The van der Waals surface area contributed by atoms with Crippen LogP contribution in [0.15, 0.2) is 0 Å². The van der Waals surface area contributed by atoms with Gasteiger partial charge in [-0.1, -0.05) is 43.7 Å². The minimum absolute atomic E-state index is 0.0416. The molecule has 2 atom stereocenters. The molecule has 24 heavy (non-hydrogen) atoms. The van der Waals surface area contributed by atoms with Gasteiger partial charge in [0.2, 0.25) is 5.91 Å². The summed E-state index contributed by atoms with van der Waals surface area (Å²) in [6, 6.07) is 0. The standard InChI is InChI=1S/C16H19ClN4O2S/c1-16(2,3)12-13(17)19-15(24-12)21-7-11(22)9-4-5-20(8-18)6-10(9)14(21)23/h9-10H,4-7H2,1-3H3/t9?,10-/m1/s1. The number of fused-ring (bicyclic) bond motifs is 1. The first-order valence-electron chi connectivity index (χ1n) is 7.88. The number of rotatable bonds is 1. The van der Waals surface area contributed by atoms with Crippen molar-refractivity contribution >= 4 is 39.8 Å². The average Bonchev–Trinajstić information content (AvgIpc) is 2.92. The Morgan fingerprint density at radius 2 is 2.04 bits per heavy atom. The van der Waals surface area contributed by atoms with Gasteiger partial charge in [0, 0.05) is 19.0 Å². The molecule has 1 aromatic rings. The molecule has 128 valence electrons. The van der Waals surface area contributed by atoms with Crippen LogP contribution in [-0.4, -0.2) is 41.2 Å². The van der Waals surface area contributed by atoms with E-state index in [1.54, 1.807) is 4.90 Å². The Hall–Kier alpha value is -1.65. The summed E-state index contributed by atoms with van der Waals surface area (Å²) in [6.45, 7) is 6.96. The van der Waals surface area contributed by atoms with Crippen molar-refractivity contribution in [3.63, 3.8) is 0 Å². The number of aromatic nitrogens is 1. The van der Waals surface area contributed by atoms with Gasteiger partial charge in [0.15, 0.2) is 17.1 Å². The fraction of sp³-hybridized carbons (Fsp3) is 0.625. The lowest BCUT2D eigenvalue weighted by atomic mass is 9.79. The number of thiazole rings is 1. The molecule has 0 N–H and O–H groups in total. The topological polar surface area (TPSA) is 77.3 Å². The number of Topliss-reactive ketones (excluding diaryl/α,β-unsaturated/α-hetero) is 1. The zero-order valence-electron chi connectivity index (χ0n) is 13.9. The molecule has 0 aromatic carbocycles. The molecular formula is C16H19ClN4O2S. The molecule has 1 aromatic heterocycles. The van der Waals surface area contributed by atoms with Crippen LogP contribution in [0.4, 0.5) is 5.13 Å². The Bertz CT molecular complexity index is 733. The maximum absolute atomic E-state index is 12.9. The van der Waals surface area contributed by atoms with Crippen molar-refractivity contribution in [3.05, 3.63) is 10.0 Å². The second-order valence-corrected chi connectivity index (χ2v) is 8.64. The Morgan fingerprint density at radius 1 is 1.33 bits per heavy atom. The van der Waals surface area contributed by atoms with Crippen LogP contribution in [0.5, 0.6) is 0 Å². The van der Waals surface area contributed by atoms with Crippen molar-refractivity contribution in [2.75, 3.05) is 24.5 Å². The molecule has 2 fully saturated rings. The number of carbonyl (C=O) groups is 2. The van der Waals surface area contributed by atoms with Gasteiger partial charge in [0.25, 0.3) is 0 Å².